The summed E-state index contributed by atoms with van der Waals surface area (Å²) in [6.07, 6.45) is 1.55. The third kappa shape index (κ3) is 4.95. The summed E-state index contributed by atoms with van der Waals surface area (Å²) in [5.74, 6) is 0.975. The van der Waals surface area contributed by atoms with Crippen LogP contribution in [0.5, 0.6) is 23.0 Å². The van der Waals surface area contributed by atoms with E-state index in [-0.39, 0.29) is 28.5 Å². The molecular formula is C24H22N4O6S2. The summed E-state index contributed by atoms with van der Waals surface area (Å²) in [7, 11) is 4.42. The van der Waals surface area contributed by atoms with Crippen molar-refractivity contribution in [1.82, 2.24) is 4.90 Å². The van der Waals surface area contributed by atoms with Gasteiger partial charge in [-0.3, -0.25) is 10.2 Å². The van der Waals surface area contributed by atoms with Crippen LogP contribution in [0.15, 0.2) is 51.4 Å². The second kappa shape index (κ2) is 10.9. The highest BCUT2D eigenvalue weighted by Gasteiger charge is 2.37. The molecule has 0 aliphatic carbocycles. The van der Waals surface area contributed by atoms with E-state index < -0.39 is 11.9 Å². The molecule has 0 radical (unpaired) electrons. The molecule has 1 amide bonds. The highest BCUT2D eigenvalue weighted by molar-refractivity contribution is 8.19. The van der Waals surface area contributed by atoms with Crippen LogP contribution in [0.25, 0.3) is 6.08 Å². The molecule has 0 saturated carbocycles. The zero-order valence-electron chi connectivity index (χ0n) is 19.9. The number of carbonyl (C=O) groups excluding carboxylic acids is 2. The summed E-state index contributed by atoms with van der Waals surface area (Å²) < 4.78 is 25.7. The number of nitrogens with zero attached hydrogens (tertiary/aromatic N) is 3. The molecule has 0 saturated heterocycles. The normalized spacial score (nSPS) is 15.9. The van der Waals surface area contributed by atoms with Gasteiger partial charge in [0.2, 0.25) is 5.17 Å². The number of nitrogens with one attached hydrogen (secondary N) is 1. The van der Waals surface area contributed by atoms with Crippen LogP contribution >= 0.6 is 23.7 Å². The van der Waals surface area contributed by atoms with E-state index in [0.29, 0.717) is 27.4 Å². The number of benzene rings is 2. The molecule has 2 aliphatic rings. The van der Waals surface area contributed by atoms with E-state index in [2.05, 4.69) is 9.39 Å². The molecule has 0 bridgehead atoms. The molecule has 36 heavy (non-hydrogen) atoms. The predicted molar refractivity (Wildman–Crippen MR) is 141 cm³/mol. The molecule has 2 aromatic rings. The summed E-state index contributed by atoms with van der Waals surface area (Å²) >= 11 is 2.54. The van der Waals surface area contributed by atoms with E-state index in [4.69, 9.17) is 24.4 Å². The number of ether oxygens (including phenoxy) is 4. The zero-order chi connectivity index (χ0) is 25.8. The van der Waals surface area contributed by atoms with Gasteiger partial charge in [-0.2, -0.15) is 9.39 Å². The maximum absolute atomic E-state index is 12.7. The minimum absolute atomic E-state index is 0.00220. The Labute approximate surface area is 216 Å². The maximum atomic E-state index is 12.7. The van der Waals surface area contributed by atoms with Gasteiger partial charge < -0.3 is 18.9 Å². The number of esters is 1. The second-order valence-electron chi connectivity index (χ2n) is 7.21. The number of methoxy groups -OCH3 is 3. The fourth-order valence-corrected chi connectivity index (χ4v) is 4.94. The first-order valence-electron chi connectivity index (χ1n) is 10.6. The molecule has 12 heteroatoms. The number of thioether (sulfide) groups is 1. The van der Waals surface area contributed by atoms with Gasteiger partial charge in [0.05, 0.1) is 44.4 Å². The first-order valence-corrected chi connectivity index (χ1v) is 12.4. The van der Waals surface area contributed by atoms with Crippen molar-refractivity contribution in [3.63, 3.8) is 0 Å². The van der Waals surface area contributed by atoms with Crippen molar-refractivity contribution in [3.8, 4) is 23.0 Å². The number of hydrogen-bond donors (Lipinski definition) is 1. The topological polar surface area (TPSA) is 123 Å². The summed E-state index contributed by atoms with van der Waals surface area (Å²) in [5, 5.41) is 9.56. The molecule has 0 aromatic heterocycles. The maximum Gasteiger partial charge on any atom is 0.343 e. The Kier molecular flexibility index (Phi) is 7.65. The number of fused-ring (bicyclic) bond motifs is 1. The van der Waals surface area contributed by atoms with Crippen LogP contribution in [-0.4, -0.2) is 60.0 Å². The molecule has 10 nitrogen and oxygen atoms in total. The average molecular weight is 527 g/mol. The highest BCUT2D eigenvalue weighted by atomic mass is 32.2. The number of rotatable bonds is 7. The highest BCUT2D eigenvalue weighted by Crippen LogP contribution is 2.34. The fourth-order valence-electron chi connectivity index (χ4n) is 3.37. The van der Waals surface area contributed by atoms with Gasteiger partial charge in [0, 0.05) is 0 Å². The second-order valence-corrected chi connectivity index (χ2v) is 9.17. The number of amides is 1. The molecule has 1 N–H and O–H groups in total. The van der Waals surface area contributed by atoms with Crippen molar-refractivity contribution >= 4 is 57.8 Å². The van der Waals surface area contributed by atoms with Crippen molar-refractivity contribution in [3.05, 3.63) is 53.1 Å². The van der Waals surface area contributed by atoms with E-state index in [1.54, 1.807) is 41.3 Å². The molecule has 2 heterocycles. The van der Waals surface area contributed by atoms with E-state index in [1.807, 2.05) is 6.92 Å². The van der Waals surface area contributed by atoms with Crippen LogP contribution in [-0.2, 0) is 4.79 Å². The number of aliphatic imine (C=N–C) groups is 1. The van der Waals surface area contributed by atoms with Crippen LogP contribution in [0.1, 0.15) is 22.8 Å². The third-order valence-corrected chi connectivity index (χ3v) is 6.73. The van der Waals surface area contributed by atoms with Crippen molar-refractivity contribution < 1.29 is 28.5 Å². The van der Waals surface area contributed by atoms with Crippen LogP contribution in [0.3, 0.4) is 0 Å². The fraction of sp³-hybridized carbons (Fsp3) is 0.208. The van der Waals surface area contributed by atoms with Gasteiger partial charge in [-0.05, 0) is 47.7 Å². The minimum atomic E-state index is -0.613. The number of hydrogen-bond acceptors (Lipinski definition) is 10. The Hall–Kier alpha value is -3.77. The molecule has 0 spiro atoms. The van der Waals surface area contributed by atoms with Crippen LogP contribution in [0.2, 0.25) is 0 Å². The monoisotopic (exact) mass is 526 g/mol. The smallest absolute Gasteiger partial charge is 0.343 e. The lowest BCUT2D eigenvalue weighted by atomic mass is 10.1. The first-order chi connectivity index (χ1) is 17.4. The van der Waals surface area contributed by atoms with Crippen molar-refractivity contribution in [2.45, 2.75) is 6.92 Å². The van der Waals surface area contributed by atoms with Crippen molar-refractivity contribution in [2.24, 2.45) is 9.39 Å². The lowest BCUT2D eigenvalue weighted by Gasteiger charge is -2.24. The van der Waals surface area contributed by atoms with Gasteiger partial charge >= 0.3 is 5.97 Å². The van der Waals surface area contributed by atoms with Crippen molar-refractivity contribution in [2.75, 3.05) is 27.1 Å². The standard InChI is InChI=1S/C24H22N4O6S2/c1-5-35-24-27-36-23-26-21(29)15(20(25)28(23)24)10-13-6-8-17(18(11-13)32-3)34-22(30)14-7-9-16(31-2)19(12-14)33-4/h6-12,25H,5H2,1-4H3/b15-10-,25-20?. The molecular weight excluding hydrogens is 504 g/mol. The van der Waals surface area contributed by atoms with Gasteiger partial charge in [0.1, 0.15) is 5.84 Å². The Morgan fingerprint density at radius 1 is 1.06 bits per heavy atom. The summed E-state index contributed by atoms with van der Waals surface area (Å²) in [4.78, 5) is 31.0. The van der Waals surface area contributed by atoms with E-state index in [1.165, 1.54) is 39.2 Å². The van der Waals surface area contributed by atoms with Crippen LogP contribution in [0.4, 0.5) is 0 Å². The molecule has 2 aromatic carbocycles. The summed E-state index contributed by atoms with van der Waals surface area (Å²) in [5.41, 5.74) is 0.947. The Balaban J connectivity index is 1.58. The predicted octanol–water partition coefficient (Wildman–Crippen LogP) is 4.26. The van der Waals surface area contributed by atoms with Gasteiger partial charge in [-0.15, -0.1) is 0 Å². The van der Waals surface area contributed by atoms with E-state index in [0.717, 1.165) is 17.7 Å². The molecule has 0 unspecified atom stereocenters. The largest absolute Gasteiger partial charge is 0.493 e. The molecule has 4 rings (SSSR count). The SMILES string of the molecule is CCSC1=NSC2=NC(=O)/C(=C\c3ccc(OC(=O)c4ccc(OC)c(OC)c4)c(OC)c3)C(=N)N12. The average Bonchev–Trinajstić information content (AvgIpc) is 3.29. The number of amidine groups is 3. The molecule has 2 aliphatic heterocycles. The lowest BCUT2D eigenvalue weighted by Crippen LogP contribution is -2.41. The summed E-state index contributed by atoms with van der Waals surface area (Å²) in [6.45, 7) is 1.98. The zero-order valence-corrected chi connectivity index (χ0v) is 21.5. The Morgan fingerprint density at radius 3 is 2.44 bits per heavy atom. The molecule has 186 valence electrons. The van der Waals surface area contributed by atoms with E-state index >= 15 is 0 Å². The van der Waals surface area contributed by atoms with E-state index in [9.17, 15) is 9.59 Å². The van der Waals surface area contributed by atoms with Crippen molar-refractivity contribution in [1.29, 1.82) is 5.41 Å². The van der Waals surface area contributed by atoms with Crippen LogP contribution < -0.4 is 18.9 Å². The third-order valence-electron chi connectivity index (χ3n) is 5.09. The molecule has 0 fully saturated rings. The molecule has 0 atom stereocenters. The summed E-state index contributed by atoms with van der Waals surface area (Å²) in [6, 6.07) is 9.52. The quantitative estimate of drug-likeness (QED) is 0.244. The Bertz CT molecular complexity index is 1340. The Morgan fingerprint density at radius 2 is 1.75 bits per heavy atom. The number of carbonyl (C=O) groups is 2. The van der Waals surface area contributed by atoms with Gasteiger partial charge in [-0.1, -0.05) is 24.8 Å². The van der Waals surface area contributed by atoms with Gasteiger partial charge in [-0.25, -0.2) is 9.69 Å². The van der Waals surface area contributed by atoms with Gasteiger partial charge in [0.25, 0.3) is 5.91 Å². The van der Waals surface area contributed by atoms with Crippen LogP contribution in [0, 0.1) is 5.41 Å². The lowest BCUT2D eigenvalue weighted by molar-refractivity contribution is -0.114. The van der Waals surface area contributed by atoms with Gasteiger partial charge in [0.15, 0.2) is 28.2 Å². The first kappa shape index (κ1) is 25.3. The minimum Gasteiger partial charge on any atom is -0.493 e.